The van der Waals surface area contributed by atoms with Gasteiger partial charge in [-0.2, -0.15) is 0 Å². The fourth-order valence-corrected chi connectivity index (χ4v) is 1.28. The van der Waals surface area contributed by atoms with E-state index in [2.05, 4.69) is 15.0 Å². The molecule has 2 rings (SSSR count). The Bertz CT molecular complexity index is 456. The van der Waals surface area contributed by atoms with Gasteiger partial charge in [0.25, 0.3) is 0 Å². The number of carboxylic acids is 1. The maximum atomic E-state index is 10.7. The van der Waals surface area contributed by atoms with Crippen LogP contribution >= 0.6 is 0 Å². The van der Waals surface area contributed by atoms with Crippen molar-refractivity contribution < 1.29 is 9.90 Å². The SMILES string of the molecule is Cc1[nH]c(-c2cc[nH]c2)nc1C(=O)O. The lowest BCUT2D eigenvalue weighted by Gasteiger charge is -1.86. The first-order chi connectivity index (χ1) is 6.68. The summed E-state index contributed by atoms with van der Waals surface area (Å²) in [4.78, 5) is 20.5. The topological polar surface area (TPSA) is 81.8 Å². The standard InChI is InChI=1S/C9H9N3O2/c1-5-7(9(13)14)12-8(11-5)6-2-3-10-4-6/h2-4,10H,1H3,(H,11,12)(H,13,14). The number of aromatic carboxylic acids is 1. The number of carbonyl (C=O) groups is 1. The quantitative estimate of drug-likeness (QED) is 0.671. The second-order valence-corrected chi connectivity index (χ2v) is 2.96. The van der Waals surface area contributed by atoms with Gasteiger partial charge in [0.2, 0.25) is 0 Å². The van der Waals surface area contributed by atoms with E-state index in [1.807, 2.05) is 6.07 Å². The average molecular weight is 191 g/mol. The minimum Gasteiger partial charge on any atom is -0.476 e. The molecule has 2 aromatic heterocycles. The van der Waals surface area contributed by atoms with Crippen molar-refractivity contribution in [2.75, 3.05) is 0 Å². The second-order valence-electron chi connectivity index (χ2n) is 2.96. The molecule has 0 spiro atoms. The van der Waals surface area contributed by atoms with Crippen molar-refractivity contribution in [3.63, 3.8) is 0 Å². The zero-order valence-electron chi connectivity index (χ0n) is 7.53. The van der Waals surface area contributed by atoms with Crippen LogP contribution in [0.15, 0.2) is 18.5 Å². The second kappa shape index (κ2) is 3.02. The van der Waals surface area contributed by atoms with E-state index in [0.717, 1.165) is 5.56 Å². The van der Waals surface area contributed by atoms with E-state index >= 15 is 0 Å². The van der Waals surface area contributed by atoms with Crippen molar-refractivity contribution >= 4 is 5.97 Å². The summed E-state index contributed by atoms with van der Waals surface area (Å²) in [6.45, 7) is 1.69. The lowest BCUT2D eigenvalue weighted by atomic mass is 10.3. The van der Waals surface area contributed by atoms with Gasteiger partial charge in [-0.3, -0.25) is 0 Å². The molecule has 14 heavy (non-hydrogen) atoms. The van der Waals surface area contributed by atoms with Gasteiger partial charge in [-0.1, -0.05) is 0 Å². The molecule has 0 saturated heterocycles. The van der Waals surface area contributed by atoms with Gasteiger partial charge < -0.3 is 15.1 Å². The van der Waals surface area contributed by atoms with Crippen molar-refractivity contribution in [2.24, 2.45) is 0 Å². The molecule has 2 heterocycles. The van der Waals surface area contributed by atoms with Gasteiger partial charge in [-0.25, -0.2) is 9.78 Å². The Labute approximate surface area is 79.8 Å². The molecule has 0 aromatic carbocycles. The predicted molar refractivity (Wildman–Crippen MR) is 50.1 cm³/mol. The van der Waals surface area contributed by atoms with Crippen molar-refractivity contribution in [2.45, 2.75) is 6.92 Å². The van der Waals surface area contributed by atoms with Crippen molar-refractivity contribution in [1.29, 1.82) is 0 Å². The summed E-state index contributed by atoms with van der Waals surface area (Å²) in [6.07, 6.45) is 3.51. The van der Waals surface area contributed by atoms with Crippen molar-refractivity contribution in [1.82, 2.24) is 15.0 Å². The van der Waals surface area contributed by atoms with Gasteiger partial charge in [-0.15, -0.1) is 0 Å². The largest absolute Gasteiger partial charge is 0.476 e. The first-order valence-electron chi connectivity index (χ1n) is 4.11. The molecule has 0 atom stereocenters. The van der Waals surface area contributed by atoms with Crippen LogP contribution in [0.25, 0.3) is 11.4 Å². The van der Waals surface area contributed by atoms with E-state index in [1.165, 1.54) is 0 Å². The molecule has 0 amide bonds. The van der Waals surface area contributed by atoms with Crippen LogP contribution in [0.5, 0.6) is 0 Å². The normalized spacial score (nSPS) is 10.4. The van der Waals surface area contributed by atoms with Gasteiger partial charge >= 0.3 is 5.97 Å². The Morgan fingerprint density at radius 1 is 1.57 bits per heavy atom. The Morgan fingerprint density at radius 3 is 2.86 bits per heavy atom. The molecule has 0 unspecified atom stereocenters. The first kappa shape index (κ1) is 8.55. The number of rotatable bonds is 2. The van der Waals surface area contributed by atoms with Crippen LogP contribution in [0, 0.1) is 6.92 Å². The van der Waals surface area contributed by atoms with Gasteiger partial charge in [0.15, 0.2) is 5.69 Å². The molecule has 5 heteroatoms. The fraction of sp³-hybridized carbons (Fsp3) is 0.111. The number of hydrogen-bond acceptors (Lipinski definition) is 2. The highest BCUT2D eigenvalue weighted by Gasteiger charge is 2.13. The van der Waals surface area contributed by atoms with Crippen LogP contribution in [0.3, 0.4) is 0 Å². The third kappa shape index (κ3) is 1.28. The van der Waals surface area contributed by atoms with E-state index in [1.54, 1.807) is 19.3 Å². The van der Waals surface area contributed by atoms with Crippen LogP contribution in [-0.4, -0.2) is 26.0 Å². The summed E-state index contributed by atoms with van der Waals surface area (Å²) in [7, 11) is 0. The van der Waals surface area contributed by atoms with Crippen molar-refractivity contribution in [3.05, 3.63) is 29.8 Å². The van der Waals surface area contributed by atoms with E-state index < -0.39 is 5.97 Å². The van der Waals surface area contributed by atoms with Crippen LogP contribution in [-0.2, 0) is 0 Å². The average Bonchev–Trinajstić information content (AvgIpc) is 2.70. The minimum absolute atomic E-state index is 0.0706. The highest BCUT2D eigenvalue weighted by Crippen LogP contribution is 2.16. The smallest absolute Gasteiger partial charge is 0.356 e. The summed E-state index contributed by atoms with van der Waals surface area (Å²) in [5.41, 5.74) is 1.48. The maximum Gasteiger partial charge on any atom is 0.356 e. The molecule has 72 valence electrons. The molecule has 5 nitrogen and oxygen atoms in total. The molecule has 0 radical (unpaired) electrons. The molecular weight excluding hydrogens is 182 g/mol. The van der Waals surface area contributed by atoms with Crippen LogP contribution < -0.4 is 0 Å². The van der Waals surface area contributed by atoms with Crippen LogP contribution in [0.1, 0.15) is 16.2 Å². The Morgan fingerprint density at radius 2 is 2.36 bits per heavy atom. The molecule has 0 fully saturated rings. The molecule has 2 aromatic rings. The van der Waals surface area contributed by atoms with E-state index in [4.69, 9.17) is 5.11 Å². The van der Waals surface area contributed by atoms with E-state index in [0.29, 0.717) is 11.5 Å². The zero-order valence-corrected chi connectivity index (χ0v) is 7.53. The lowest BCUT2D eigenvalue weighted by molar-refractivity contribution is 0.0690. The molecule has 0 bridgehead atoms. The number of aromatic nitrogens is 3. The Kier molecular flexibility index (Phi) is 1.85. The summed E-state index contributed by atoms with van der Waals surface area (Å²) < 4.78 is 0. The molecule has 0 aliphatic carbocycles. The summed E-state index contributed by atoms with van der Waals surface area (Å²) in [6, 6.07) is 1.82. The number of H-pyrrole nitrogens is 2. The number of aromatic amines is 2. The van der Waals surface area contributed by atoms with Gasteiger partial charge in [0.05, 0.1) is 0 Å². The van der Waals surface area contributed by atoms with Crippen LogP contribution in [0.2, 0.25) is 0 Å². The first-order valence-corrected chi connectivity index (χ1v) is 4.11. The maximum absolute atomic E-state index is 10.7. The van der Waals surface area contributed by atoms with E-state index in [9.17, 15) is 4.79 Å². The fourth-order valence-electron chi connectivity index (χ4n) is 1.28. The lowest BCUT2D eigenvalue weighted by Crippen LogP contribution is -1.98. The number of imidazole rings is 1. The number of aryl methyl sites for hydroxylation is 1. The number of nitrogens with zero attached hydrogens (tertiary/aromatic N) is 1. The van der Waals surface area contributed by atoms with Gasteiger partial charge in [0, 0.05) is 23.7 Å². The van der Waals surface area contributed by atoms with E-state index in [-0.39, 0.29) is 5.69 Å². The summed E-state index contributed by atoms with van der Waals surface area (Å²) >= 11 is 0. The molecule has 3 N–H and O–H groups in total. The summed E-state index contributed by atoms with van der Waals surface area (Å²) in [5.74, 6) is -0.443. The number of hydrogen-bond donors (Lipinski definition) is 3. The predicted octanol–water partition coefficient (Wildman–Crippen LogP) is 1.41. The Balaban J connectivity index is 2.48. The van der Waals surface area contributed by atoms with Gasteiger partial charge in [-0.05, 0) is 13.0 Å². The highest BCUT2D eigenvalue weighted by atomic mass is 16.4. The molecular formula is C9H9N3O2. The number of nitrogens with one attached hydrogen (secondary N) is 2. The number of carboxylic acid groups (broad SMARTS) is 1. The third-order valence-corrected chi connectivity index (χ3v) is 1.96. The van der Waals surface area contributed by atoms with Crippen molar-refractivity contribution in [3.8, 4) is 11.4 Å². The summed E-state index contributed by atoms with van der Waals surface area (Å²) in [5, 5.41) is 8.79. The molecule has 0 saturated carbocycles. The molecule has 0 aliphatic rings. The van der Waals surface area contributed by atoms with Crippen LogP contribution in [0.4, 0.5) is 0 Å². The zero-order chi connectivity index (χ0) is 10.1. The highest BCUT2D eigenvalue weighted by molar-refractivity contribution is 5.87. The monoisotopic (exact) mass is 191 g/mol. The molecule has 0 aliphatic heterocycles. The van der Waals surface area contributed by atoms with Gasteiger partial charge in [0.1, 0.15) is 5.82 Å². The Hall–Kier alpha value is -2.04. The third-order valence-electron chi connectivity index (χ3n) is 1.96. The minimum atomic E-state index is -1.01.